The Morgan fingerprint density at radius 3 is 2.69 bits per heavy atom. The number of halogens is 1. The van der Waals surface area contributed by atoms with Gasteiger partial charge in [-0.2, -0.15) is 4.31 Å². The molecule has 0 radical (unpaired) electrons. The summed E-state index contributed by atoms with van der Waals surface area (Å²) in [5.74, 6) is 0.0783. The molecule has 0 N–H and O–H groups in total. The molecule has 0 unspecified atom stereocenters. The van der Waals surface area contributed by atoms with E-state index in [9.17, 15) is 13.2 Å². The lowest BCUT2D eigenvalue weighted by Gasteiger charge is -2.20. The van der Waals surface area contributed by atoms with Crippen LogP contribution in [0, 0.1) is 13.8 Å². The fourth-order valence-corrected chi connectivity index (χ4v) is 5.55. The second-order valence-electron chi connectivity index (χ2n) is 7.03. The van der Waals surface area contributed by atoms with Crippen molar-refractivity contribution in [1.82, 2.24) is 18.8 Å². The molecule has 8 nitrogen and oxygen atoms in total. The third-order valence-corrected chi connectivity index (χ3v) is 7.67. The van der Waals surface area contributed by atoms with Crippen LogP contribution in [0.3, 0.4) is 0 Å². The van der Waals surface area contributed by atoms with E-state index in [0.29, 0.717) is 17.0 Å². The van der Waals surface area contributed by atoms with Crippen molar-refractivity contribution < 1.29 is 17.6 Å². The van der Waals surface area contributed by atoms with Gasteiger partial charge in [-0.25, -0.2) is 18.4 Å². The van der Waals surface area contributed by atoms with E-state index in [0.717, 1.165) is 15.1 Å². The van der Waals surface area contributed by atoms with Crippen LogP contribution in [0.5, 0.6) is 0 Å². The van der Waals surface area contributed by atoms with Crippen LogP contribution in [0.4, 0.5) is 0 Å². The van der Waals surface area contributed by atoms with Crippen molar-refractivity contribution >= 4 is 38.7 Å². The first-order valence-electron chi connectivity index (χ1n) is 9.53. The quantitative estimate of drug-likeness (QED) is 0.270. The Balaban J connectivity index is 1.68. The number of pyridine rings is 1. The Morgan fingerprint density at radius 1 is 1.25 bits per heavy atom. The van der Waals surface area contributed by atoms with Gasteiger partial charge in [0.25, 0.3) is 0 Å². The van der Waals surface area contributed by atoms with Gasteiger partial charge in [-0.3, -0.25) is 9.36 Å². The highest BCUT2D eigenvalue weighted by atomic mass is 35.5. The number of nitrogens with zero attached hydrogens (tertiary/aromatic N) is 4. The molecule has 0 aliphatic rings. The van der Waals surface area contributed by atoms with E-state index in [1.54, 1.807) is 24.4 Å². The normalized spacial score (nSPS) is 11.9. The van der Waals surface area contributed by atoms with Crippen LogP contribution in [-0.4, -0.2) is 39.6 Å². The molecule has 11 heteroatoms. The summed E-state index contributed by atoms with van der Waals surface area (Å²) >= 11 is 7.26. The molecule has 0 saturated heterocycles. The second kappa shape index (κ2) is 8.99. The third-order valence-electron chi connectivity index (χ3n) is 4.91. The lowest BCUT2D eigenvalue weighted by atomic mass is 10.1. The number of ketones is 1. The highest BCUT2D eigenvalue weighted by molar-refractivity contribution is 7.89. The molecule has 0 amide bonds. The Bertz CT molecular complexity index is 1330. The number of sulfonamides is 1. The van der Waals surface area contributed by atoms with Crippen molar-refractivity contribution in [3.8, 4) is 5.13 Å². The molecular weight excluding hydrogens is 472 g/mol. The molecule has 4 heterocycles. The van der Waals surface area contributed by atoms with E-state index >= 15 is 0 Å². The lowest BCUT2D eigenvalue weighted by Crippen LogP contribution is -2.35. The van der Waals surface area contributed by atoms with Crippen molar-refractivity contribution in [1.29, 1.82) is 0 Å². The first-order valence-corrected chi connectivity index (χ1v) is 12.2. The molecule has 0 aromatic carbocycles. The fraction of sp³-hybridized carbons (Fsp3) is 0.190. The molecular formula is C21H19ClN4O4S2. The lowest BCUT2D eigenvalue weighted by molar-refractivity contribution is 0.0962. The number of thiazole rings is 1. The number of rotatable bonds is 8. The monoisotopic (exact) mass is 490 g/mol. The molecule has 0 aliphatic carbocycles. The van der Waals surface area contributed by atoms with Crippen molar-refractivity contribution in [3.63, 3.8) is 0 Å². The maximum atomic E-state index is 13.3. The fourth-order valence-electron chi connectivity index (χ4n) is 3.38. The van der Waals surface area contributed by atoms with E-state index in [4.69, 9.17) is 16.0 Å². The first kappa shape index (κ1) is 22.4. The van der Waals surface area contributed by atoms with Crippen LogP contribution in [0.1, 0.15) is 27.5 Å². The largest absolute Gasteiger partial charge is 0.468 e. The van der Waals surface area contributed by atoms with Crippen LogP contribution in [0.15, 0.2) is 63.7 Å². The molecule has 4 rings (SSSR count). The van der Waals surface area contributed by atoms with Gasteiger partial charge in [0.1, 0.15) is 15.8 Å². The molecule has 0 fully saturated rings. The second-order valence-corrected chi connectivity index (χ2v) is 10.2. The standard InChI is InChI=1S/C21H19ClN4O4S2/c1-14-10-18(15(2)26(14)21-23-7-9-31-21)19(27)13-25(12-16-4-3-8-30-16)32(28,29)17-5-6-20(22)24-11-17/h3-11H,12-13H2,1-2H3. The molecule has 0 spiro atoms. The predicted octanol–water partition coefficient (Wildman–Crippen LogP) is 4.27. The molecule has 32 heavy (non-hydrogen) atoms. The Morgan fingerprint density at radius 2 is 2.06 bits per heavy atom. The average molecular weight is 491 g/mol. The molecule has 4 aromatic heterocycles. The van der Waals surface area contributed by atoms with Crippen molar-refractivity contribution in [2.24, 2.45) is 0 Å². The zero-order chi connectivity index (χ0) is 22.9. The molecule has 166 valence electrons. The zero-order valence-electron chi connectivity index (χ0n) is 17.2. The third kappa shape index (κ3) is 4.40. The van der Waals surface area contributed by atoms with Crippen molar-refractivity contribution in [2.75, 3.05) is 6.54 Å². The van der Waals surface area contributed by atoms with Gasteiger partial charge in [0, 0.05) is 34.7 Å². The van der Waals surface area contributed by atoms with Gasteiger partial charge in [-0.1, -0.05) is 11.6 Å². The SMILES string of the molecule is Cc1cc(C(=O)CN(Cc2ccco2)S(=O)(=O)c2ccc(Cl)nc2)c(C)n1-c1nccs1. The van der Waals surface area contributed by atoms with E-state index in [-0.39, 0.29) is 28.9 Å². The van der Waals surface area contributed by atoms with Gasteiger partial charge in [0.2, 0.25) is 10.0 Å². The van der Waals surface area contributed by atoms with Gasteiger partial charge >= 0.3 is 0 Å². The number of aromatic nitrogens is 3. The average Bonchev–Trinajstić information content (AvgIpc) is 3.50. The number of aryl methyl sites for hydroxylation is 1. The van der Waals surface area contributed by atoms with E-state index < -0.39 is 10.0 Å². The highest BCUT2D eigenvalue weighted by Crippen LogP contribution is 2.25. The van der Waals surface area contributed by atoms with E-state index in [1.165, 1.54) is 35.9 Å². The number of furan rings is 1. The maximum Gasteiger partial charge on any atom is 0.245 e. The number of carbonyl (C=O) groups excluding carboxylic acids is 1. The Labute approximate surface area is 194 Å². The van der Waals surface area contributed by atoms with E-state index in [1.807, 2.05) is 23.8 Å². The minimum Gasteiger partial charge on any atom is -0.468 e. The number of hydrogen-bond donors (Lipinski definition) is 0. The number of carbonyl (C=O) groups is 1. The highest BCUT2D eigenvalue weighted by Gasteiger charge is 2.30. The summed E-state index contributed by atoms with van der Waals surface area (Å²) in [5, 5.41) is 2.77. The summed E-state index contributed by atoms with van der Waals surface area (Å²) in [4.78, 5) is 21.4. The topological polar surface area (TPSA) is 98.3 Å². The van der Waals surface area contributed by atoms with Gasteiger partial charge in [-0.15, -0.1) is 11.3 Å². The summed E-state index contributed by atoms with van der Waals surface area (Å²) < 4.78 is 34.9. The number of Topliss-reactive ketones (excluding diaryl/α,β-unsaturated/α-hetero) is 1. The smallest absolute Gasteiger partial charge is 0.245 e. The minimum atomic E-state index is -4.04. The Hall–Kier alpha value is -2.79. The summed E-state index contributed by atoms with van der Waals surface area (Å²) in [7, 11) is -4.04. The van der Waals surface area contributed by atoms with Gasteiger partial charge in [0.05, 0.1) is 19.4 Å². The molecule has 0 aliphatic heterocycles. The summed E-state index contributed by atoms with van der Waals surface area (Å²) in [5.41, 5.74) is 1.97. The summed E-state index contributed by atoms with van der Waals surface area (Å²) in [6, 6.07) is 7.82. The Kier molecular flexibility index (Phi) is 6.29. The van der Waals surface area contributed by atoms with Crippen LogP contribution >= 0.6 is 22.9 Å². The minimum absolute atomic E-state index is 0.0606. The number of hydrogen-bond acceptors (Lipinski definition) is 7. The first-order chi connectivity index (χ1) is 15.3. The van der Waals surface area contributed by atoms with Crippen molar-refractivity contribution in [2.45, 2.75) is 25.3 Å². The molecule has 4 aromatic rings. The molecule has 0 saturated carbocycles. The van der Waals surface area contributed by atoms with Crippen LogP contribution < -0.4 is 0 Å². The van der Waals surface area contributed by atoms with E-state index in [2.05, 4.69) is 9.97 Å². The maximum absolute atomic E-state index is 13.3. The van der Waals surface area contributed by atoms with Crippen molar-refractivity contribution in [3.05, 3.63) is 82.2 Å². The van der Waals surface area contributed by atoms with Gasteiger partial charge in [0.15, 0.2) is 10.9 Å². The summed E-state index contributed by atoms with van der Waals surface area (Å²) in [6.07, 6.45) is 4.32. The summed E-state index contributed by atoms with van der Waals surface area (Å²) in [6.45, 7) is 3.22. The van der Waals surface area contributed by atoms with Gasteiger partial charge < -0.3 is 4.42 Å². The molecule has 0 bridgehead atoms. The van der Waals surface area contributed by atoms with Gasteiger partial charge in [-0.05, 0) is 44.2 Å². The van der Waals surface area contributed by atoms with Crippen LogP contribution in [0.25, 0.3) is 5.13 Å². The van der Waals surface area contributed by atoms with Crippen LogP contribution in [-0.2, 0) is 16.6 Å². The predicted molar refractivity (Wildman–Crippen MR) is 121 cm³/mol. The molecule has 0 atom stereocenters. The zero-order valence-corrected chi connectivity index (χ0v) is 19.6. The van der Waals surface area contributed by atoms with Crippen LogP contribution in [0.2, 0.25) is 5.15 Å².